The van der Waals surface area contributed by atoms with E-state index in [0.29, 0.717) is 18.3 Å². The number of nitrogens with two attached hydrogens (primary N) is 1. The molecule has 2 N–H and O–H groups in total. The molecule has 0 unspecified atom stereocenters. The number of amides is 1. The van der Waals surface area contributed by atoms with Crippen molar-refractivity contribution in [1.82, 2.24) is 24.6 Å². The van der Waals surface area contributed by atoms with Crippen molar-refractivity contribution < 1.29 is 4.79 Å². The number of likely N-dealkylation sites (tertiary alicyclic amines) is 1. The molecular formula is C18H28N6O. The molecule has 3 rings (SSSR count). The molecule has 0 bridgehead atoms. The second-order valence-electron chi connectivity index (χ2n) is 6.76. The predicted molar refractivity (Wildman–Crippen MR) is 99.3 cm³/mol. The summed E-state index contributed by atoms with van der Waals surface area (Å²) < 4.78 is 1.73. The van der Waals surface area contributed by atoms with Crippen LogP contribution in [0.25, 0.3) is 11.0 Å². The molecule has 1 amide bonds. The van der Waals surface area contributed by atoms with Gasteiger partial charge in [-0.15, -0.1) is 0 Å². The highest BCUT2D eigenvalue weighted by Crippen LogP contribution is 2.28. The topological polar surface area (TPSA) is 80.3 Å². The van der Waals surface area contributed by atoms with Crippen LogP contribution in [0, 0.1) is 0 Å². The van der Waals surface area contributed by atoms with Crippen LogP contribution < -0.4 is 5.73 Å². The van der Waals surface area contributed by atoms with Gasteiger partial charge in [0.2, 0.25) is 5.91 Å². The Morgan fingerprint density at radius 2 is 2.12 bits per heavy atom. The number of likely N-dealkylation sites (N-methyl/N-ethyl adjacent to an activating group) is 1. The second kappa shape index (κ2) is 7.39. The number of nitrogen functional groups attached to an aromatic ring is 1. The monoisotopic (exact) mass is 344 g/mol. The highest BCUT2D eigenvalue weighted by atomic mass is 16.2. The van der Waals surface area contributed by atoms with Gasteiger partial charge in [0.05, 0.1) is 11.9 Å². The van der Waals surface area contributed by atoms with Gasteiger partial charge in [-0.25, -0.2) is 9.67 Å². The summed E-state index contributed by atoms with van der Waals surface area (Å²) in [7, 11) is 1.87. The molecule has 2 aromatic rings. The first-order chi connectivity index (χ1) is 12.0. The number of carbonyl (C=O) groups is 1. The van der Waals surface area contributed by atoms with E-state index in [1.807, 2.05) is 31.9 Å². The van der Waals surface area contributed by atoms with Crippen LogP contribution >= 0.6 is 0 Å². The third-order valence-corrected chi connectivity index (χ3v) is 5.14. The standard InChI is InChI=1S/C18H28N6O/c1-4-24(5-2)16(25)12-23-10-6-7-13(11-23)15-9-8-14-17(19)21-22(3)18(14)20-15/h8-9,13H,4-7,10-12H2,1-3H3,(H2,19,21)/t13-/m1/s1. The molecule has 1 fully saturated rings. The number of piperidine rings is 1. The molecule has 1 aliphatic heterocycles. The van der Waals surface area contributed by atoms with E-state index in [1.54, 1.807) is 4.68 Å². The molecule has 136 valence electrons. The van der Waals surface area contributed by atoms with Crippen molar-refractivity contribution in [3.63, 3.8) is 0 Å². The lowest BCUT2D eigenvalue weighted by Crippen LogP contribution is -2.43. The molecular weight excluding hydrogens is 316 g/mol. The molecule has 0 aromatic carbocycles. The Labute approximate surface area is 148 Å². The van der Waals surface area contributed by atoms with E-state index in [1.165, 1.54) is 0 Å². The molecule has 1 aliphatic rings. The first kappa shape index (κ1) is 17.7. The quantitative estimate of drug-likeness (QED) is 0.891. The molecule has 2 aromatic heterocycles. The average molecular weight is 344 g/mol. The van der Waals surface area contributed by atoms with Gasteiger partial charge in [0.15, 0.2) is 11.5 Å². The lowest BCUT2D eigenvalue weighted by Gasteiger charge is -2.33. The Kier molecular flexibility index (Phi) is 5.22. The number of anilines is 1. The Hall–Kier alpha value is -2.15. The number of hydrogen-bond donors (Lipinski definition) is 1. The maximum absolute atomic E-state index is 12.4. The number of rotatable bonds is 5. The van der Waals surface area contributed by atoms with Gasteiger partial charge in [-0.2, -0.15) is 5.10 Å². The number of pyridine rings is 1. The van der Waals surface area contributed by atoms with Gasteiger partial charge in [-0.1, -0.05) is 0 Å². The molecule has 1 atom stereocenters. The first-order valence-corrected chi connectivity index (χ1v) is 9.12. The van der Waals surface area contributed by atoms with E-state index in [9.17, 15) is 4.79 Å². The minimum atomic E-state index is 0.216. The van der Waals surface area contributed by atoms with Gasteiger partial charge >= 0.3 is 0 Å². The fraction of sp³-hybridized carbons (Fsp3) is 0.611. The SMILES string of the molecule is CCN(CC)C(=O)CN1CCC[C@@H](c2ccc3c(N)nn(C)c3n2)C1. The van der Waals surface area contributed by atoms with Crippen molar-refractivity contribution >= 4 is 22.8 Å². The number of fused-ring (bicyclic) bond motifs is 1. The van der Waals surface area contributed by atoms with Gasteiger partial charge in [-0.3, -0.25) is 9.69 Å². The molecule has 7 nitrogen and oxygen atoms in total. The maximum atomic E-state index is 12.4. The van der Waals surface area contributed by atoms with E-state index in [0.717, 1.165) is 55.7 Å². The van der Waals surface area contributed by atoms with E-state index in [2.05, 4.69) is 16.1 Å². The Morgan fingerprint density at radius 1 is 1.36 bits per heavy atom. The first-order valence-electron chi connectivity index (χ1n) is 9.12. The average Bonchev–Trinajstić information content (AvgIpc) is 2.90. The van der Waals surface area contributed by atoms with Gasteiger partial charge in [0.25, 0.3) is 0 Å². The summed E-state index contributed by atoms with van der Waals surface area (Å²) in [6, 6.07) is 4.07. The summed E-state index contributed by atoms with van der Waals surface area (Å²) in [5, 5.41) is 5.14. The highest BCUT2D eigenvalue weighted by Gasteiger charge is 2.25. The van der Waals surface area contributed by atoms with E-state index < -0.39 is 0 Å². The van der Waals surface area contributed by atoms with Crippen molar-refractivity contribution in [2.75, 3.05) is 38.5 Å². The maximum Gasteiger partial charge on any atom is 0.236 e. The Balaban J connectivity index is 1.73. The van der Waals surface area contributed by atoms with E-state index >= 15 is 0 Å². The smallest absolute Gasteiger partial charge is 0.236 e. The van der Waals surface area contributed by atoms with Gasteiger partial charge in [-0.05, 0) is 45.4 Å². The third kappa shape index (κ3) is 3.61. The lowest BCUT2D eigenvalue weighted by molar-refractivity contribution is -0.132. The molecule has 0 saturated carbocycles. The van der Waals surface area contributed by atoms with Crippen LogP contribution in [-0.4, -0.2) is 63.2 Å². The molecule has 3 heterocycles. The van der Waals surface area contributed by atoms with Crippen LogP contribution in [0.15, 0.2) is 12.1 Å². The summed E-state index contributed by atoms with van der Waals surface area (Å²) in [5.41, 5.74) is 7.81. The van der Waals surface area contributed by atoms with Gasteiger partial charge in [0, 0.05) is 38.3 Å². The number of nitrogens with zero attached hydrogens (tertiary/aromatic N) is 5. The molecule has 0 radical (unpaired) electrons. The van der Waals surface area contributed by atoms with Crippen LogP contribution in [-0.2, 0) is 11.8 Å². The van der Waals surface area contributed by atoms with E-state index in [-0.39, 0.29) is 5.91 Å². The number of aromatic nitrogens is 3. The zero-order valence-corrected chi connectivity index (χ0v) is 15.4. The largest absolute Gasteiger partial charge is 0.382 e. The fourth-order valence-electron chi connectivity index (χ4n) is 3.71. The zero-order chi connectivity index (χ0) is 18.0. The fourth-order valence-corrected chi connectivity index (χ4v) is 3.71. The van der Waals surface area contributed by atoms with Gasteiger partial charge in [0.1, 0.15) is 0 Å². The van der Waals surface area contributed by atoms with Gasteiger partial charge < -0.3 is 10.6 Å². The van der Waals surface area contributed by atoms with Crippen LogP contribution in [0.2, 0.25) is 0 Å². The van der Waals surface area contributed by atoms with Crippen molar-refractivity contribution in [1.29, 1.82) is 0 Å². The number of hydrogen-bond acceptors (Lipinski definition) is 5. The van der Waals surface area contributed by atoms with Crippen LogP contribution in [0.5, 0.6) is 0 Å². The summed E-state index contributed by atoms with van der Waals surface area (Å²) in [6.45, 7) is 7.94. The van der Waals surface area contributed by atoms with Crippen molar-refractivity contribution in [3.05, 3.63) is 17.8 Å². The van der Waals surface area contributed by atoms with Crippen molar-refractivity contribution in [3.8, 4) is 0 Å². The van der Waals surface area contributed by atoms with Crippen LogP contribution in [0.1, 0.15) is 38.3 Å². The molecule has 0 aliphatic carbocycles. The molecule has 7 heteroatoms. The van der Waals surface area contributed by atoms with Crippen LogP contribution in [0.4, 0.5) is 5.82 Å². The normalized spacial score (nSPS) is 18.6. The second-order valence-corrected chi connectivity index (χ2v) is 6.76. The summed E-state index contributed by atoms with van der Waals surface area (Å²) in [6.07, 6.45) is 2.19. The highest BCUT2D eigenvalue weighted by molar-refractivity contribution is 5.86. The predicted octanol–water partition coefficient (Wildman–Crippen LogP) is 1.60. The zero-order valence-electron chi connectivity index (χ0n) is 15.4. The molecule has 1 saturated heterocycles. The minimum absolute atomic E-state index is 0.216. The lowest BCUT2D eigenvalue weighted by atomic mass is 9.94. The Bertz CT molecular complexity index is 751. The third-order valence-electron chi connectivity index (χ3n) is 5.14. The molecule has 25 heavy (non-hydrogen) atoms. The van der Waals surface area contributed by atoms with E-state index in [4.69, 9.17) is 10.7 Å². The number of aryl methyl sites for hydroxylation is 1. The van der Waals surface area contributed by atoms with Crippen molar-refractivity contribution in [2.45, 2.75) is 32.6 Å². The summed E-state index contributed by atoms with van der Waals surface area (Å²) in [4.78, 5) is 21.3. The summed E-state index contributed by atoms with van der Waals surface area (Å²) in [5.74, 6) is 1.08. The van der Waals surface area contributed by atoms with Crippen molar-refractivity contribution in [2.24, 2.45) is 7.05 Å². The van der Waals surface area contributed by atoms with Crippen LogP contribution in [0.3, 0.4) is 0 Å². The minimum Gasteiger partial charge on any atom is -0.382 e. The summed E-state index contributed by atoms with van der Waals surface area (Å²) >= 11 is 0. The Morgan fingerprint density at radius 3 is 2.84 bits per heavy atom. The molecule has 0 spiro atoms. The number of carbonyl (C=O) groups excluding carboxylic acids is 1.